The molecular weight excluding hydrogens is 1120 g/mol. The van der Waals surface area contributed by atoms with E-state index in [4.69, 9.17) is 18.9 Å². The maximum atomic E-state index is 13.2. The minimum atomic E-state index is -0.838. The minimum absolute atomic E-state index is 0.00106. The van der Waals surface area contributed by atoms with E-state index in [0.29, 0.717) is 59.6 Å². The van der Waals surface area contributed by atoms with Crippen LogP contribution < -0.4 is 9.47 Å². The molecule has 16 aliphatic carbocycles. The molecule has 16 unspecified atom stereocenters. The van der Waals surface area contributed by atoms with Crippen LogP contribution in [0.4, 0.5) is 0 Å². The molecule has 0 radical (unpaired) electrons. The Morgan fingerprint density at radius 2 is 0.900 bits per heavy atom. The molecule has 16 saturated carbocycles. The van der Waals surface area contributed by atoms with E-state index in [9.17, 15) is 20.2 Å². The highest BCUT2D eigenvalue weighted by Gasteiger charge is 2.76. The van der Waals surface area contributed by atoms with Gasteiger partial charge in [0.2, 0.25) is 12.1 Å². The summed E-state index contributed by atoms with van der Waals surface area (Å²) in [6.07, 6.45) is 22.6. The summed E-state index contributed by atoms with van der Waals surface area (Å²) in [5.41, 5.74) is 8.24. The van der Waals surface area contributed by atoms with Crippen molar-refractivity contribution in [1.82, 2.24) is 0 Å². The zero-order valence-corrected chi connectivity index (χ0v) is 54.9. The van der Waals surface area contributed by atoms with Crippen LogP contribution in [0, 0.1) is 108 Å². The molecule has 90 heavy (non-hydrogen) atoms. The molecular formula is C80H96N2O8. The highest BCUT2D eigenvalue weighted by molar-refractivity contribution is 5.60. The zero-order valence-electron chi connectivity index (χ0n) is 54.9. The standard InChI is InChI=1S/C80H96N2O8/c1-50-27-65(76-41-72(7)40-73(8,42-76)46-78(45-72,47-76)77-30-56-28-70(5,43-77)39-71(6,29-56)44-77)53(4)67(90-62-25-21-60(22-26-62)75-32-58-34-80(49-75,88-38-55-17-13-10-14-18-55)69(82(85)86)64(36-75)52(58)3)66(50)89-61-23-19-59(20-24-61)74-31-57-33-79(48-74,87-37-54-15-11-9-12-16-54)68(81(83)84)63(35-74)51(57)2/h9-27,51-52,56-58,63-64,68-69H,28-49H2,1-8H3. The summed E-state index contributed by atoms with van der Waals surface area (Å²) in [6, 6.07) is 39.1. The predicted octanol–water partition coefficient (Wildman–Crippen LogP) is 19.1. The molecule has 0 N–H and O–H groups in total. The average Bonchev–Trinajstić information content (AvgIpc) is 0.663. The SMILES string of the molecule is Cc1cc(C23CC4(C)CC(C)(C2)CC(C25CC6CC(C)(CC(C)(C6)C2)C5)(C4)C3)c(C)c(Oc2ccc(C34CC5CC(OCc6ccccc6)(C3)C([N+](=O)[O-])C(C4)C5C)cc2)c1Oc1ccc(C23CC4CC(OCc5ccccc5)(C2)C([N+](=O)[O-])C(C3)C4C)cc1. The van der Waals surface area contributed by atoms with E-state index in [2.05, 4.69) is 134 Å². The van der Waals surface area contributed by atoms with Crippen LogP contribution in [-0.4, -0.2) is 33.1 Å². The van der Waals surface area contributed by atoms with Crippen molar-refractivity contribution in [1.29, 1.82) is 0 Å². The van der Waals surface area contributed by atoms with Crippen molar-refractivity contribution in [3.05, 3.63) is 174 Å². The van der Waals surface area contributed by atoms with Crippen LogP contribution in [0.2, 0.25) is 0 Å². The van der Waals surface area contributed by atoms with Crippen LogP contribution in [0.1, 0.15) is 209 Å². The number of aryl methyl sites for hydroxylation is 1. The Kier molecular flexibility index (Phi) is 12.5. The van der Waals surface area contributed by atoms with Crippen LogP contribution in [0.15, 0.2) is 115 Å². The zero-order chi connectivity index (χ0) is 62.0. The molecule has 16 bridgehead atoms. The van der Waals surface area contributed by atoms with Gasteiger partial charge in [-0.05, 0) is 284 Å². The van der Waals surface area contributed by atoms with E-state index in [1.165, 1.54) is 99.3 Å². The van der Waals surface area contributed by atoms with Gasteiger partial charge in [-0.2, -0.15) is 0 Å². The summed E-state index contributed by atoms with van der Waals surface area (Å²) in [5, 5.41) is 26.4. The van der Waals surface area contributed by atoms with Gasteiger partial charge in [0.05, 0.1) is 13.2 Å². The Morgan fingerprint density at radius 1 is 0.456 bits per heavy atom. The monoisotopic (exact) mass is 1210 g/mol. The molecule has 21 rings (SSSR count). The van der Waals surface area contributed by atoms with Crippen molar-refractivity contribution in [3.63, 3.8) is 0 Å². The van der Waals surface area contributed by atoms with Gasteiger partial charge < -0.3 is 18.9 Å². The van der Waals surface area contributed by atoms with Gasteiger partial charge in [-0.3, -0.25) is 20.2 Å². The van der Waals surface area contributed by atoms with Crippen LogP contribution in [0.3, 0.4) is 0 Å². The lowest BCUT2D eigenvalue weighted by Gasteiger charge is -2.78. The fourth-order valence-electron chi connectivity index (χ4n) is 28.1. The largest absolute Gasteiger partial charge is 0.453 e. The lowest BCUT2D eigenvalue weighted by atomic mass is 9.26. The Hall–Kier alpha value is -5.58. The molecule has 0 aromatic heterocycles. The molecule has 16 aliphatic rings. The fourth-order valence-corrected chi connectivity index (χ4v) is 28.1. The Balaban J connectivity index is 0.731. The number of ether oxygens (including phenoxy) is 4. The second kappa shape index (κ2) is 19.3. The van der Waals surface area contributed by atoms with Gasteiger partial charge in [-0.25, -0.2) is 0 Å². The van der Waals surface area contributed by atoms with Crippen LogP contribution >= 0.6 is 0 Å². The van der Waals surface area contributed by atoms with Crippen molar-refractivity contribution >= 4 is 0 Å². The quantitative estimate of drug-likeness (QED) is 0.0707. The second-order valence-electron chi connectivity index (χ2n) is 35.8. The first-order valence-corrected chi connectivity index (χ1v) is 35.2. The van der Waals surface area contributed by atoms with Crippen LogP contribution in [0.5, 0.6) is 23.0 Å². The van der Waals surface area contributed by atoms with Crippen molar-refractivity contribution in [2.45, 2.75) is 237 Å². The lowest BCUT2D eigenvalue weighted by molar-refractivity contribution is -0.575. The molecule has 5 aromatic carbocycles. The summed E-state index contributed by atoms with van der Waals surface area (Å²) in [7, 11) is 0. The maximum absolute atomic E-state index is 13.2. The minimum Gasteiger partial charge on any atom is -0.453 e. The van der Waals surface area contributed by atoms with Crippen molar-refractivity contribution in [2.75, 3.05) is 0 Å². The van der Waals surface area contributed by atoms with Crippen molar-refractivity contribution in [2.24, 2.45) is 73.9 Å². The number of benzene rings is 5. The van der Waals surface area contributed by atoms with E-state index in [-0.39, 0.29) is 60.6 Å². The molecule has 16 atom stereocenters. The molecule has 0 heterocycles. The van der Waals surface area contributed by atoms with Gasteiger partial charge >= 0.3 is 0 Å². The van der Waals surface area contributed by atoms with Crippen LogP contribution in [0.25, 0.3) is 0 Å². The Morgan fingerprint density at radius 3 is 1.36 bits per heavy atom. The third-order valence-electron chi connectivity index (χ3n) is 28.9. The second-order valence-corrected chi connectivity index (χ2v) is 35.8. The average molecular weight is 1210 g/mol. The summed E-state index contributed by atoms with van der Waals surface area (Å²) in [6.45, 7) is 20.6. The smallest absolute Gasteiger partial charge is 0.244 e. The predicted molar refractivity (Wildman–Crippen MR) is 349 cm³/mol. The molecule has 0 saturated heterocycles. The molecule has 0 spiro atoms. The van der Waals surface area contributed by atoms with Gasteiger partial charge in [-0.1, -0.05) is 133 Å². The molecule has 474 valence electrons. The van der Waals surface area contributed by atoms with Gasteiger partial charge in [0.15, 0.2) is 11.5 Å². The summed E-state index contributed by atoms with van der Waals surface area (Å²) >= 11 is 0. The topological polar surface area (TPSA) is 123 Å². The van der Waals surface area contributed by atoms with E-state index >= 15 is 0 Å². The van der Waals surface area contributed by atoms with E-state index in [1.807, 2.05) is 36.4 Å². The van der Waals surface area contributed by atoms with Gasteiger partial charge in [-0.15, -0.1) is 0 Å². The van der Waals surface area contributed by atoms with Gasteiger partial charge in [0.25, 0.3) is 0 Å². The van der Waals surface area contributed by atoms with Gasteiger partial charge in [0, 0.05) is 21.7 Å². The summed E-state index contributed by atoms with van der Waals surface area (Å²) < 4.78 is 28.8. The first kappa shape index (κ1) is 58.3. The normalized spacial score (nSPS) is 45.0. The highest BCUT2D eigenvalue weighted by Crippen LogP contribution is 2.84. The number of nitrogens with zero attached hydrogens (tertiary/aromatic N) is 2. The molecule has 10 heteroatoms. The number of nitro groups is 2. The van der Waals surface area contributed by atoms with E-state index in [1.54, 1.807) is 0 Å². The first-order valence-electron chi connectivity index (χ1n) is 35.2. The summed E-state index contributed by atoms with van der Waals surface area (Å²) in [5.74, 6) is 4.98. The molecule has 0 aliphatic heterocycles. The summed E-state index contributed by atoms with van der Waals surface area (Å²) in [4.78, 5) is 26.4. The van der Waals surface area contributed by atoms with Crippen molar-refractivity contribution < 1.29 is 28.8 Å². The maximum Gasteiger partial charge on any atom is 0.244 e. The lowest BCUT2D eigenvalue weighted by Crippen LogP contribution is -2.70. The number of rotatable bonds is 16. The van der Waals surface area contributed by atoms with Crippen LogP contribution in [-0.2, 0) is 38.9 Å². The Labute approximate surface area is 534 Å². The third-order valence-corrected chi connectivity index (χ3v) is 28.9. The molecule has 10 nitrogen and oxygen atoms in total. The Bertz CT molecular complexity index is 3700. The molecule has 16 fully saturated rings. The first-order chi connectivity index (χ1) is 42.8. The van der Waals surface area contributed by atoms with E-state index in [0.717, 1.165) is 84.1 Å². The fraction of sp³-hybridized carbons (Fsp3) is 0.625. The molecule has 5 aromatic rings. The van der Waals surface area contributed by atoms with E-state index < -0.39 is 23.3 Å². The molecule has 0 amide bonds. The number of hydrogen-bond donors (Lipinski definition) is 0. The number of hydrogen-bond acceptors (Lipinski definition) is 8. The third kappa shape index (κ3) is 8.58. The van der Waals surface area contributed by atoms with Gasteiger partial charge in [0.1, 0.15) is 22.7 Å². The van der Waals surface area contributed by atoms with Crippen molar-refractivity contribution in [3.8, 4) is 23.0 Å². The highest BCUT2D eigenvalue weighted by atomic mass is 16.6.